The summed E-state index contributed by atoms with van der Waals surface area (Å²) in [6, 6.07) is 0. The maximum Gasteiger partial charge on any atom is 0.0899 e. The fourth-order valence-electron chi connectivity index (χ4n) is 1.11. The largest absolute Gasteiger partial charge is 0.300 e. The lowest BCUT2D eigenvalue weighted by molar-refractivity contribution is 0.759. The summed E-state index contributed by atoms with van der Waals surface area (Å²) in [5, 5.41) is 5.10. The number of hydrogen-bond acceptors (Lipinski definition) is 4. The highest BCUT2D eigenvalue weighted by molar-refractivity contribution is 7.99. The van der Waals surface area contributed by atoms with Crippen molar-refractivity contribution in [2.45, 2.75) is 12.3 Å². The number of aryl methyl sites for hydroxylation is 1. The van der Waals surface area contributed by atoms with Crippen LogP contribution in [0.15, 0.2) is 6.20 Å². The number of nitrogens with one attached hydrogen (secondary N) is 1. The minimum atomic E-state index is 0.515. The molecule has 11 heavy (non-hydrogen) atoms. The van der Waals surface area contributed by atoms with Gasteiger partial charge in [-0.2, -0.15) is 0 Å². The van der Waals surface area contributed by atoms with Crippen molar-refractivity contribution < 1.29 is 0 Å². The smallest absolute Gasteiger partial charge is 0.0899 e. The third-order valence-electron chi connectivity index (χ3n) is 1.61. The Bertz CT molecular complexity index is 240. The van der Waals surface area contributed by atoms with E-state index in [0.29, 0.717) is 5.37 Å². The van der Waals surface area contributed by atoms with E-state index in [4.69, 9.17) is 0 Å². The Morgan fingerprint density at radius 3 is 3.18 bits per heavy atom. The normalized spacial score (nSPS) is 24.3. The van der Waals surface area contributed by atoms with Gasteiger partial charge in [-0.05, 0) is 6.92 Å². The zero-order chi connectivity index (χ0) is 7.68. The molecule has 4 heteroatoms. The highest BCUT2D eigenvalue weighted by Crippen LogP contribution is 2.32. The monoisotopic (exact) mass is 186 g/mol. The summed E-state index contributed by atoms with van der Waals surface area (Å²) in [6.45, 7) is 3.18. The SMILES string of the molecule is Cc1ncc(C2NCCS2)s1. The molecule has 1 aliphatic heterocycles. The van der Waals surface area contributed by atoms with Gasteiger partial charge in [-0.25, -0.2) is 4.98 Å². The Kier molecular flexibility index (Phi) is 2.16. The van der Waals surface area contributed by atoms with Gasteiger partial charge in [0.05, 0.1) is 15.3 Å². The van der Waals surface area contributed by atoms with E-state index in [1.807, 2.05) is 24.9 Å². The summed E-state index contributed by atoms with van der Waals surface area (Å²) >= 11 is 3.76. The maximum absolute atomic E-state index is 4.23. The number of nitrogens with zero attached hydrogens (tertiary/aromatic N) is 1. The first-order chi connectivity index (χ1) is 5.36. The molecule has 1 aliphatic rings. The van der Waals surface area contributed by atoms with Gasteiger partial charge in [0, 0.05) is 18.5 Å². The predicted octanol–water partition coefficient (Wildman–Crippen LogP) is 1.79. The molecule has 1 aromatic heterocycles. The fourth-order valence-corrected chi connectivity index (χ4v) is 3.13. The molecule has 60 valence electrons. The van der Waals surface area contributed by atoms with Gasteiger partial charge in [0.25, 0.3) is 0 Å². The number of thioether (sulfide) groups is 1. The van der Waals surface area contributed by atoms with Crippen molar-refractivity contribution in [3.63, 3.8) is 0 Å². The molecular formula is C7H10N2S2. The van der Waals surface area contributed by atoms with Crippen molar-refractivity contribution in [2.75, 3.05) is 12.3 Å². The van der Waals surface area contributed by atoms with E-state index in [1.54, 1.807) is 11.3 Å². The van der Waals surface area contributed by atoms with E-state index >= 15 is 0 Å². The van der Waals surface area contributed by atoms with Gasteiger partial charge in [-0.15, -0.1) is 23.1 Å². The Hall–Kier alpha value is -0.0600. The van der Waals surface area contributed by atoms with Crippen LogP contribution in [0.5, 0.6) is 0 Å². The molecule has 0 bridgehead atoms. The molecular weight excluding hydrogens is 176 g/mol. The van der Waals surface area contributed by atoms with E-state index in [2.05, 4.69) is 10.3 Å². The molecule has 0 amide bonds. The van der Waals surface area contributed by atoms with Crippen LogP contribution in [-0.2, 0) is 0 Å². The second-order valence-electron chi connectivity index (χ2n) is 2.49. The van der Waals surface area contributed by atoms with Crippen LogP contribution in [0.25, 0.3) is 0 Å². The van der Waals surface area contributed by atoms with Crippen LogP contribution >= 0.6 is 23.1 Å². The molecule has 1 atom stereocenters. The van der Waals surface area contributed by atoms with Crippen LogP contribution in [0.2, 0.25) is 0 Å². The Labute approximate surface area is 74.4 Å². The van der Waals surface area contributed by atoms with E-state index in [0.717, 1.165) is 11.6 Å². The predicted molar refractivity (Wildman–Crippen MR) is 50.1 cm³/mol. The molecule has 0 aliphatic carbocycles. The summed E-state index contributed by atoms with van der Waals surface area (Å²) in [6.07, 6.45) is 1.98. The highest BCUT2D eigenvalue weighted by atomic mass is 32.2. The molecule has 1 fully saturated rings. The molecule has 0 saturated carbocycles. The lowest BCUT2D eigenvalue weighted by Gasteiger charge is -2.03. The van der Waals surface area contributed by atoms with Crippen LogP contribution in [0.1, 0.15) is 15.3 Å². The zero-order valence-electron chi connectivity index (χ0n) is 6.33. The van der Waals surface area contributed by atoms with Crippen LogP contribution < -0.4 is 5.32 Å². The maximum atomic E-state index is 4.23. The second kappa shape index (κ2) is 3.13. The molecule has 0 spiro atoms. The fraction of sp³-hybridized carbons (Fsp3) is 0.571. The molecule has 2 heterocycles. The Morgan fingerprint density at radius 1 is 1.73 bits per heavy atom. The number of hydrogen-bond donors (Lipinski definition) is 1. The quantitative estimate of drug-likeness (QED) is 0.724. The van der Waals surface area contributed by atoms with Crippen molar-refractivity contribution in [1.82, 2.24) is 10.3 Å². The van der Waals surface area contributed by atoms with Crippen LogP contribution in [0, 0.1) is 6.92 Å². The lowest BCUT2D eigenvalue weighted by atomic mass is 10.5. The average Bonchev–Trinajstić information content (AvgIpc) is 2.55. The molecule has 1 unspecified atom stereocenters. The third-order valence-corrected chi connectivity index (χ3v) is 3.93. The van der Waals surface area contributed by atoms with E-state index in [-0.39, 0.29) is 0 Å². The lowest BCUT2D eigenvalue weighted by Crippen LogP contribution is -2.10. The minimum Gasteiger partial charge on any atom is -0.300 e. The van der Waals surface area contributed by atoms with Crippen molar-refractivity contribution in [2.24, 2.45) is 0 Å². The van der Waals surface area contributed by atoms with E-state index in [1.165, 1.54) is 10.6 Å². The molecule has 1 saturated heterocycles. The Balaban J connectivity index is 2.15. The minimum absolute atomic E-state index is 0.515. The summed E-state index contributed by atoms with van der Waals surface area (Å²) in [5.74, 6) is 1.22. The highest BCUT2D eigenvalue weighted by Gasteiger charge is 2.18. The molecule has 1 aromatic rings. The van der Waals surface area contributed by atoms with Crippen LogP contribution in [0.4, 0.5) is 0 Å². The average molecular weight is 186 g/mol. The van der Waals surface area contributed by atoms with Crippen molar-refractivity contribution >= 4 is 23.1 Å². The van der Waals surface area contributed by atoms with Gasteiger partial charge in [0.1, 0.15) is 0 Å². The molecule has 1 N–H and O–H groups in total. The van der Waals surface area contributed by atoms with Gasteiger partial charge in [0.15, 0.2) is 0 Å². The number of rotatable bonds is 1. The molecule has 2 nitrogen and oxygen atoms in total. The first-order valence-corrected chi connectivity index (χ1v) is 5.50. The van der Waals surface area contributed by atoms with Crippen molar-refractivity contribution in [3.05, 3.63) is 16.1 Å². The summed E-state index contributed by atoms with van der Waals surface area (Å²) in [7, 11) is 0. The third kappa shape index (κ3) is 1.58. The van der Waals surface area contributed by atoms with E-state index < -0.39 is 0 Å². The summed E-state index contributed by atoms with van der Waals surface area (Å²) in [5.41, 5.74) is 0. The molecule has 0 radical (unpaired) electrons. The number of thiazole rings is 1. The van der Waals surface area contributed by atoms with Gasteiger partial charge < -0.3 is 5.32 Å². The standard InChI is InChI=1S/C7H10N2S2/c1-5-9-4-6(11-5)7-8-2-3-10-7/h4,7-8H,2-3H2,1H3. The molecule has 2 rings (SSSR count). The number of aromatic nitrogens is 1. The van der Waals surface area contributed by atoms with Gasteiger partial charge in [-0.1, -0.05) is 0 Å². The van der Waals surface area contributed by atoms with Crippen LogP contribution in [0.3, 0.4) is 0 Å². The van der Waals surface area contributed by atoms with Crippen molar-refractivity contribution in [3.8, 4) is 0 Å². The van der Waals surface area contributed by atoms with Gasteiger partial charge in [-0.3, -0.25) is 0 Å². The van der Waals surface area contributed by atoms with Gasteiger partial charge in [0.2, 0.25) is 0 Å². The Morgan fingerprint density at radius 2 is 2.64 bits per heavy atom. The van der Waals surface area contributed by atoms with Gasteiger partial charge >= 0.3 is 0 Å². The van der Waals surface area contributed by atoms with Crippen molar-refractivity contribution in [1.29, 1.82) is 0 Å². The summed E-state index contributed by atoms with van der Waals surface area (Å²) in [4.78, 5) is 5.59. The summed E-state index contributed by atoms with van der Waals surface area (Å²) < 4.78 is 0. The first-order valence-electron chi connectivity index (χ1n) is 3.63. The van der Waals surface area contributed by atoms with E-state index in [9.17, 15) is 0 Å². The topological polar surface area (TPSA) is 24.9 Å². The second-order valence-corrected chi connectivity index (χ2v) is 4.97. The first kappa shape index (κ1) is 7.58. The van der Waals surface area contributed by atoms with Crippen LogP contribution in [-0.4, -0.2) is 17.3 Å². The molecule has 0 aromatic carbocycles. The zero-order valence-corrected chi connectivity index (χ0v) is 7.97.